The fourth-order valence-electron chi connectivity index (χ4n) is 8.19. The van der Waals surface area contributed by atoms with Crippen molar-refractivity contribution in [3.8, 4) is 0 Å². The molecule has 4 saturated carbocycles. The van der Waals surface area contributed by atoms with E-state index >= 15 is 0 Å². The van der Waals surface area contributed by atoms with Crippen LogP contribution in [-0.4, -0.2) is 29.2 Å². The van der Waals surface area contributed by atoms with Gasteiger partial charge in [0.05, 0.1) is 20.9 Å². The van der Waals surface area contributed by atoms with E-state index in [1.54, 1.807) is 21.7 Å². The lowest BCUT2D eigenvalue weighted by Crippen LogP contribution is -2.61. The van der Waals surface area contributed by atoms with Crippen LogP contribution in [0.2, 0.25) is 39.3 Å². The Labute approximate surface area is 227 Å². The highest BCUT2D eigenvalue weighted by Gasteiger charge is 2.55. The van der Waals surface area contributed by atoms with Crippen LogP contribution in [0.15, 0.2) is 12.1 Å². The molecule has 0 atom stereocenters. The van der Waals surface area contributed by atoms with Crippen LogP contribution in [0.25, 0.3) is 0 Å². The van der Waals surface area contributed by atoms with Crippen molar-refractivity contribution in [3.05, 3.63) is 28.8 Å². The van der Waals surface area contributed by atoms with E-state index in [0.29, 0.717) is 23.2 Å². The van der Waals surface area contributed by atoms with E-state index in [1.165, 1.54) is 44.1 Å². The molecule has 5 rings (SSSR count). The summed E-state index contributed by atoms with van der Waals surface area (Å²) < 4.78 is 7.55. The first kappa shape index (κ1) is 28.5. The summed E-state index contributed by atoms with van der Waals surface area (Å²) in [5, 5.41) is 3.48. The molecule has 4 heteroatoms. The molecule has 4 fully saturated rings. The zero-order chi connectivity index (χ0) is 26.8. The number of rotatable bonds is 8. The van der Waals surface area contributed by atoms with Crippen molar-refractivity contribution in [2.24, 2.45) is 23.2 Å². The van der Waals surface area contributed by atoms with E-state index in [4.69, 9.17) is 4.43 Å². The maximum atomic E-state index is 7.55. The topological polar surface area (TPSA) is 9.23 Å². The summed E-state index contributed by atoms with van der Waals surface area (Å²) in [4.78, 5) is 0. The molecular weight excluding hydrogens is 485 g/mol. The second-order valence-electron chi connectivity index (χ2n) is 15.9. The second kappa shape index (κ2) is 9.93. The third-order valence-electron chi connectivity index (χ3n) is 9.29. The molecular formula is C32H56OSi3. The second-order valence-corrected chi connectivity index (χ2v) is 32.5. The molecule has 0 amide bonds. The minimum atomic E-state index is -1.75. The smallest absolute Gasteiger partial charge is 0.241 e. The first-order valence-electron chi connectivity index (χ1n) is 15.1. The lowest BCUT2D eigenvalue weighted by atomic mass is 9.50. The summed E-state index contributed by atoms with van der Waals surface area (Å²) in [7, 11) is -4.33. The van der Waals surface area contributed by atoms with E-state index in [2.05, 4.69) is 93.0 Å². The average molecular weight is 541 g/mol. The highest BCUT2D eigenvalue weighted by molar-refractivity contribution is 7.38. The van der Waals surface area contributed by atoms with Crippen molar-refractivity contribution in [1.82, 2.24) is 0 Å². The normalized spacial score (nSPS) is 28.9. The maximum absolute atomic E-state index is 7.55. The molecule has 0 N–H and O–H groups in total. The van der Waals surface area contributed by atoms with Gasteiger partial charge in [0.25, 0.3) is 0 Å². The van der Waals surface area contributed by atoms with Gasteiger partial charge in [-0.05, 0) is 116 Å². The van der Waals surface area contributed by atoms with E-state index in [0.717, 1.165) is 17.8 Å². The van der Waals surface area contributed by atoms with Crippen molar-refractivity contribution >= 4 is 34.4 Å². The van der Waals surface area contributed by atoms with Gasteiger partial charge in [-0.15, -0.1) is 0 Å². The van der Waals surface area contributed by atoms with Gasteiger partial charge in [-0.3, -0.25) is 0 Å². The zero-order valence-electron chi connectivity index (χ0n) is 25.8. The Morgan fingerprint density at radius 2 is 1.17 bits per heavy atom. The molecule has 0 saturated heterocycles. The molecule has 0 heterocycles. The molecule has 1 nitrogen and oxygen atoms in total. The standard InChI is InChI=1S/C32H56OSi3/c1-21(2)27-16-28(22(3)4)30(29(17-27)23(5)6)34(36(10,11)12)31(33-35(7,8)9)32-18-24-13-25(19-32)15-26(14-24)20-32/h16-17,21-26H,13-15,18-20H2,1-12H3/b34-31+. The molecule has 4 aliphatic carbocycles. The van der Waals surface area contributed by atoms with Crippen LogP contribution >= 0.6 is 0 Å². The summed E-state index contributed by atoms with van der Waals surface area (Å²) in [6.07, 6.45) is 8.80. The lowest BCUT2D eigenvalue weighted by Gasteiger charge is -2.58. The minimum absolute atomic E-state index is 0.364. The third-order valence-corrected chi connectivity index (χ3v) is 19.9. The zero-order valence-corrected chi connectivity index (χ0v) is 28.8. The Morgan fingerprint density at radius 1 is 0.750 bits per heavy atom. The number of hydrogen-bond acceptors (Lipinski definition) is 1. The SMILES string of the molecule is CC(C)c1cc(C(C)C)c(/[Si](=C(\O[Si](C)(C)C)C23CC4CC(CC(C4)C2)C3)[Si](C)(C)C)c(C(C)C)c1. The Kier molecular flexibility index (Phi) is 7.88. The van der Waals surface area contributed by atoms with E-state index < -0.39 is 23.8 Å². The minimum Gasteiger partial charge on any atom is -0.551 e. The van der Waals surface area contributed by atoms with Gasteiger partial charge >= 0.3 is 0 Å². The van der Waals surface area contributed by atoms with E-state index in [-0.39, 0.29) is 0 Å². The van der Waals surface area contributed by atoms with Crippen LogP contribution in [0.5, 0.6) is 0 Å². The molecule has 0 aromatic heterocycles. The van der Waals surface area contributed by atoms with Gasteiger partial charge in [0, 0.05) is 5.41 Å². The molecule has 0 spiro atoms. The lowest BCUT2D eigenvalue weighted by molar-refractivity contribution is -0.0182. The van der Waals surface area contributed by atoms with Crippen LogP contribution in [0, 0.1) is 23.2 Å². The van der Waals surface area contributed by atoms with Crippen molar-refractivity contribution in [2.75, 3.05) is 0 Å². The molecule has 4 bridgehead atoms. The molecule has 0 unspecified atom stereocenters. The molecule has 0 aliphatic heterocycles. The van der Waals surface area contributed by atoms with Gasteiger partial charge < -0.3 is 4.43 Å². The van der Waals surface area contributed by atoms with Crippen molar-refractivity contribution in [1.29, 1.82) is 0 Å². The summed E-state index contributed by atoms with van der Waals surface area (Å²) in [6, 6.07) is 5.24. The molecule has 36 heavy (non-hydrogen) atoms. The van der Waals surface area contributed by atoms with Crippen LogP contribution in [0.4, 0.5) is 0 Å². The molecule has 1 aromatic carbocycles. The van der Waals surface area contributed by atoms with Crippen molar-refractivity contribution < 1.29 is 4.43 Å². The predicted molar refractivity (Wildman–Crippen MR) is 167 cm³/mol. The van der Waals surface area contributed by atoms with Crippen molar-refractivity contribution in [2.45, 2.75) is 137 Å². The Bertz CT molecular complexity index is 939. The average Bonchev–Trinajstić information content (AvgIpc) is 2.69. The summed E-state index contributed by atoms with van der Waals surface area (Å²) in [5.41, 5.74) is 5.21. The Balaban J connectivity index is 2.09. The summed E-state index contributed by atoms with van der Waals surface area (Å²) >= 11 is 0. The number of hydrogen-bond donors (Lipinski definition) is 0. The van der Waals surface area contributed by atoms with Gasteiger partial charge in [0.1, 0.15) is 0 Å². The first-order chi connectivity index (χ1) is 16.5. The largest absolute Gasteiger partial charge is 0.551 e. The summed E-state index contributed by atoms with van der Waals surface area (Å²) in [6.45, 7) is 29.9. The monoisotopic (exact) mass is 540 g/mol. The highest BCUT2D eigenvalue weighted by Crippen LogP contribution is 2.61. The van der Waals surface area contributed by atoms with Crippen LogP contribution < -0.4 is 5.19 Å². The quantitative estimate of drug-likeness (QED) is 0.299. The van der Waals surface area contributed by atoms with Gasteiger partial charge in [0.2, 0.25) is 8.32 Å². The number of benzene rings is 1. The molecule has 1 aromatic rings. The van der Waals surface area contributed by atoms with Crippen LogP contribution in [0.1, 0.15) is 115 Å². The molecule has 202 valence electrons. The highest BCUT2D eigenvalue weighted by atomic mass is 29.2. The van der Waals surface area contributed by atoms with Crippen LogP contribution in [0.3, 0.4) is 0 Å². The molecule has 0 radical (unpaired) electrons. The van der Waals surface area contributed by atoms with Gasteiger partial charge in [-0.2, -0.15) is 0 Å². The van der Waals surface area contributed by atoms with Gasteiger partial charge in [0.15, 0.2) is 0 Å². The van der Waals surface area contributed by atoms with E-state index in [1.807, 2.05) is 0 Å². The summed E-state index contributed by atoms with van der Waals surface area (Å²) in [5.74, 6) is 4.55. The van der Waals surface area contributed by atoms with Crippen molar-refractivity contribution in [3.63, 3.8) is 0 Å². The van der Waals surface area contributed by atoms with Crippen LogP contribution in [-0.2, 0) is 4.43 Å². The first-order valence-corrected chi connectivity index (χ1v) is 24.5. The van der Waals surface area contributed by atoms with Gasteiger partial charge in [-0.1, -0.05) is 73.3 Å². The fraction of sp³-hybridized carbons (Fsp3) is 0.781. The van der Waals surface area contributed by atoms with E-state index in [9.17, 15) is 0 Å². The van der Waals surface area contributed by atoms with Gasteiger partial charge in [-0.25, -0.2) is 0 Å². The predicted octanol–water partition coefficient (Wildman–Crippen LogP) is 8.95. The maximum Gasteiger partial charge on any atom is 0.241 e. The molecule has 4 aliphatic rings. The Hall–Kier alpha value is -0.459. The Morgan fingerprint density at radius 3 is 1.47 bits per heavy atom. The fourth-order valence-corrected chi connectivity index (χ4v) is 20.6. The third kappa shape index (κ3) is 5.61.